The Kier molecular flexibility index (Phi) is 5.88. The van der Waals surface area contributed by atoms with Crippen LogP contribution in [0.2, 0.25) is 0 Å². The predicted molar refractivity (Wildman–Crippen MR) is 120 cm³/mol. The van der Waals surface area contributed by atoms with Crippen molar-refractivity contribution in [3.8, 4) is 0 Å². The van der Waals surface area contributed by atoms with E-state index in [-0.39, 0.29) is 18.9 Å². The molecule has 1 heterocycles. The number of carboxylic acid groups (broad SMARTS) is 1. The fourth-order valence-electron chi connectivity index (χ4n) is 5.65. The standard InChI is InChI=1S/C25H28N2O5/c1-3-32-25(31)22(19-12-16-8-4-5-9-17(16)13-19)27(23(28)15(2)26)20-11-7-6-10-18(20)14-21(27)24(29)30/h4-11,15,19,21-22H,3,12-14,26H2,1-2H3/p+1. The number of nitrogens with two attached hydrogens (primary N) is 1. The van der Waals surface area contributed by atoms with Crippen LogP contribution < -0.4 is 10.2 Å². The van der Waals surface area contributed by atoms with Crippen LogP contribution in [-0.2, 0) is 38.4 Å². The summed E-state index contributed by atoms with van der Waals surface area (Å²) in [7, 11) is 0. The average molecular weight is 438 g/mol. The van der Waals surface area contributed by atoms with Crippen molar-refractivity contribution in [1.29, 1.82) is 0 Å². The fraction of sp³-hybridized carbons (Fsp3) is 0.400. The van der Waals surface area contributed by atoms with Gasteiger partial charge in [-0.2, -0.15) is 0 Å². The molecule has 0 saturated carbocycles. The first-order chi connectivity index (χ1) is 15.3. The Balaban J connectivity index is 1.96. The maximum Gasteiger partial charge on any atom is 0.366 e. The van der Waals surface area contributed by atoms with Gasteiger partial charge in [-0.25, -0.2) is 18.9 Å². The first-order valence-corrected chi connectivity index (χ1v) is 11.0. The summed E-state index contributed by atoms with van der Waals surface area (Å²) in [5, 5.41) is 10.3. The molecular formula is C25H29N2O5+. The van der Waals surface area contributed by atoms with E-state index < -0.39 is 40.5 Å². The van der Waals surface area contributed by atoms with Gasteiger partial charge in [-0.1, -0.05) is 42.5 Å². The van der Waals surface area contributed by atoms with Crippen molar-refractivity contribution < 1.29 is 24.2 Å². The van der Waals surface area contributed by atoms with E-state index in [0.29, 0.717) is 18.5 Å². The first kappa shape index (κ1) is 22.2. The number of amides is 1. The third-order valence-electron chi connectivity index (χ3n) is 6.83. The molecule has 2 aromatic carbocycles. The van der Waals surface area contributed by atoms with Gasteiger partial charge < -0.3 is 15.6 Å². The van der Waals surface area contributed by atoms with Gasteiger partial charge in [0, 0.05) is 17.9 Å². The molecular weight excluding hydrogens is 408 g/mol. The number of esters is 1. The van der Waals surface area contributed by atoms with Crippen LogP contribution in [0.1, 0.15) is 30.5 Å². The lowest BCUT2D eigenvalue weighted by Crippen LogP contribution is -2.73. The Labute approximate surface area is 187 Å². The van der Waals surface area contributed by atoms with E-state index in [1.165, 1.54) is 0 Å². The summed E-state index contributed by atoms with van der Waals surface area (Å²) in [5.41, 5.74) is 9.61. The second-order valence-electron chi connectivity index (χ2n) is 8.72. The smallest absolute Gasteiger partial charge is 0.366 e. The van der Waals surface area contributed by atoms with Crippen LogP contribution in [0, 0.1) is 5.92 Å². The molecule has 0 aromatic heterocycles. The Morgan fingerprint density at radius 1 is 1.03 bits per heavy atom. The van der Waals surface area contributed by atoms with Gasteiger partial charge in [0.15, 0.2) is 0 Å². The third-order valence-corrected chi connectivity index (χ3v) is 6.83. The van der Waals surface area contributed by atoms with Gasteiger partial charge in [-0.3, -0.25) is 0 Å². The molecule has 1 aliphatic carbocycles. The van der Waals surface area contributed by atoms with Crippen molar-refractivity contribution in [3.05, 3.63) is 65.2 Å². The minimum absolute atomic E-state index is 0.140. The molecule has 0 spiro atoms. The van der Waals surface area contributed by atoms with Crippen LogP contribution in [0.3, 0.4) is 0 Å². The van der Waals surface area contributed by atoms with Gasteiger partial charge in [-0.15, -0.1) is 0 Å². The van der Waals surface area contributed by atoms with E-state index in [9.17, 15) is 19.5 Å². The molecule has 3 N–H and O–H groups in total. The Morgan fingerprint density at radius 3 is 2.12 bits per heavy atom. The van der Waals surface area contributed by atoms with Crippen LogP contribution >= 0.6 is 0 Å². The fourth-order valence-corrected chi connectivity index (χ4v) is 5.65. The van der Waals surface area contributed by atoms with Crippen LogP contribution in [0.15, 0.2) is 48.5 Å². The summed E-state index contributed by atoms with van der Waals surface area (Å²) in [4.78, 5) is 40.0. The number of ether oxygens (including phenoxy) is 1. The van der Waals surface area contributed by atoms with E-state index in [0.717, 1.165) is 16.7 Å². The third kappa shape index (κ3) is 3.32. The molecule has 0 saturated heterocycles. The molecule has 7 heteroatoms. The molecule has 168 valence electrons. The number of carbonyl (C=O) groups excluding carboxylic acids is 2. The number of hydrogen-bond donors (Lipinski definition) is 2. The minimum Gasteiger partial charge on any atom is -0.477 e. The highest BCUT2D eigenvalue weighted by atomic mass is 16.5. The van der Waals surface area contributed by atoms with Crippen molar-refractivity contribution in [1.82, 2.24) is 4.48 Å². The summed E-state index contributed by atoms with van der Waals surface area (Å²) >= 11 is 0. The van der Waals surface area contributed by atoms with Crippen LogP contribution in [0.5, 0.6) is 0 Å². The number of carbonyl (C=O) groups is 3. The van der Waals surface area contributed by atoms with Crippen LogP contribution in [0.25, 0.3) is 0 Å². The molecule has 4 rings (SSSR count). The lowest BCUT2D eigenvalue weighted by atomic mass is 9.90. The monoisotopic (exact) mass is 437 g/mol. The summed E-state index contributed by atoms with van der Waals surface area (Å²) in [6.45, 7) is 3.40. The Hall–Kier alpha value is -3.03. The number of para-hydroxylation sites is 1. The molecule has 7 nitrogen and oxygen atoms in total. The van der Waals surface area contributed by atoms with Crippen molar-refractivity contribution >= 4 is 23.5 Å². The van der Waals surface area contributed by atoms with Crippen molar-refractivity contribution in [3.63, 3.8) is 0 Å². The highest BCUT2D eigenvalue weighted by molar-refractivity contribution is 6.03. The molecule has 0 bridgehead atoms. The SMILES string of the molecule is CCOC(=O)C(C1Cc2ccccc2C1)[N+]1(C(=O)C(C)N)c2ccccc2CC1C(=O)O. The summed E-state index contributed by atoms with van der Waals surface area (Å²) in [6, 6.07) is 12.0. The predicted octanol–water partition coefficient (Wildman–Crippen LogP) is 2.22. The number of nitrogens with zero attached hydrogens (tertiary/aromatic N) is 1. The molecule has 2 aliphatic rings. The van der Waals surface area contributed by atoms with E-state index in [2.05, 4.69) is 0 Å². The minimum atomic E-state index is -1.15. The zero-order valence-electron chi connectivity index (χ0n) is 18.4. The molecule has 4 unspecified atom stereocenters. The maximum absolute atomic E-state index is 13.9. The number of aliphatic carboxylic acids is 1. The number of quaternary nitrogens is 1. The number of fused-ring (bicyclic) bond motifs is 2. The maximum atomic E-state index is 13.9. The Bertz CT molecular complexity index is 1040. The molecule has 32 heavy (non-hydrogen) atoms. The number of benzene rings is 2. The van der Waals surface area contributed by atoms with Gasteiger partial charge in [0.1, 0.15) is 11.7 Å². The second kappa shape index (κ2) is 8.48. The van der Waals surface area contributed by atoms with E-state index in [1.807, 2.05) is 36.4 Å². The topological polar surface area (TPSA) is 107 Å². The lowest BCUT2D eigenvalue weighted by molar-refractivity contribution is -0.162. The highest BCUT2D eigenvalue weighted by Gasteiger charge is 2.65. The van der Waals surface area contributed by atoms with E-state index in [1.54, 1.807) is 26.0 Å². The molecule has 1 amide bonds. The van der Waals surface area contributed by atoms with Gasteiger partial charge in [0.2, 0.25) is 12.1 Å². The average Bonchev–Trinajstić information content (AvgIpc) is 3.33. The zero-order valence-corrected chi connectivity index (χ0v) is 18.4. The number of hydrogen-bond acceptors (Lipinski definition) is 5. The summed E-state index contributed by atoms with van der Waals surface area (Å²) in [5.74, 6) is -2.44. The van der Waals surface area contributed by atoms with E-state index in [4.69, 9.17) is 10.5 Å². The first-order valence-electron chi connectivity index (χ1n) is 11.0. The Morgan fingerprint density at radius 2 is 1.59 bits per heavy atom. The molecule has 0 fully saturated rings. The van der Waals surface area contributed by atoms with Gasteiger partial charge in [-0.05, 0) is 43.9 Å². The molecule has 4 atom stereocenters. The van der Waals surface area contributed by atoms with Crippen LogP contribution in [-0.4, -0.2) is 47.7 Å². The van der Waals surface area contributed by atoms with E-state index >= 15 is 0 Å². The quantitative estimate of drug-likeness (QED) is 0.530. The number of carboxylic acids is 1. The molecule has 0 radical (unpaired) electrons. The molecule has 1 aliphatic heterocycles. The number of rotatable bonds is 6. The second-order valence-corrected chi connectivity index (χ2v) is 8.72. The largest absolute Gasteiger partial charge is 0.477 e. The molecule has 2 aromatic rings. The van der Waals surface area contributed by atoms with Crippen molar-refractivity contribution in [2.24, 2.45) is 11.7 Å². The van der Waals surface area contributed by atoms with Crippen LogP contribution in [0.4, 0.5) is 5.69 Å². The van der Waals surface area contributed by atoms with Gasteiger partial charge in [0.05, 0.1) is 6.61 Å². The highest BCUT2D eigenvalue weighted by Crippen LogP contribution is 2.46. The zero-order chi connectivity index (χ0) is 23.0. The lowest BCUT2D eigenvalue weighted by Gasteiger charge is -2.43. The summed E-state index contributed by atoms with van der Waals surface area (Å²) in [6.07, 6.45) is 1.29. The van der Waals surface area contributed by atoms with Crippen molar-refractivity contribution in [2.75, 3.05) is 6.61 Å². The van der Waals surface area contributed by atoms with Gasteiger partial charge in [0.25, 0.3) is 0 Å². The van der Waals surface area contributed by atoms with Crippen molar-refractivity contribution in [2.45, 2.75) is 51.2 Å². The summed E-state index contributed by atoms with van der Waals surface area (Å²) < 4.78 is 4.86. The van der Waals surface area contributed by atoms with Gasteiger partial charge >= 0.3 is 17.8 Å². The normalized spacial score (nSPS) is 23.8.